The van der Waals surface area contributed by atoms with E-state index in [1.54, 1.807) is 25.1 Å². The monoisotopic (exact) mass is 337 g/mol. The van der Waals surface area contributed by atoms with Gasteiger partial charge < -0.3 is 9.64 Å². The number of ether oxygens (including phenoxy) is 1. The fourth-order valence-corrected chi connectivity index (χ4v) is 2.28. The Balaban J connectivity index is 2.26. The van der Waals surface area contributed by atoms with E-state index < -0.39 is 17.7 Å². The Morgan fingerprint density at radius 1 is 1.40 bits per heavy atom. The lowest BCUT2D eigenvalue weighted by Gasteiger charge is -2.17. The highest BCUT2D eigenvalue weighted by Gasteiger charge is 2.36. The lowest BCUT2D eigenvalue weighted by Crippen LogP contribution is -2.33. The SMILES string of the molecule is C=C(CN1C(=O)C(=O)c2cc(Br)ccc21)C(=O)OCC. The molecule has 104 valence electrons. The van der Waals surface area contributed by atoms with Crippen LogP contribution in [0.15, 0.2) is 34.8 Å². The van der Waals surface area contributed by atoms with E-state index in [2.05, 4.69) is 22.5 Å². The molecule has 0 aromatic heterocycles. The maximum atomic E-state index is 12.0. The van der Waals surface area contributed by atoms with Crippen LogP contribution >= 0.6 is 15.9 Å². The molecule has 1 aliphatic heterocycles. The number of Topliss-reactive ketones (excluding diaryl/α,β-unsaturated/α-hetero) is 1. The van der Waals surface area contributed by atoms with Crippen molar-refractivity contribution in [2.24, 2.45) is 0 Å². The average Bonchev–Trinajstić information content (AvgIpc) is 2.64. The van der Waals surface area contributed by atoms with Crippen LogP contribution < -0.4 is 4.90 Å². The van der Waals surface area contributed by atoms with Gasteiger partial charge in [0.2, 0.25) is 0 Å². The van der Waals surface area contributed by atoms with Crippen LogP contribution in [0, 0.1) is 0 Å². The van der Waals surface area contributed by atoms with Crippen molar-refractivity contribution in [2.45, 2.75) is 6.92 Å². The molecule has 0 fully saturated rings. The molecule has 1 heterocycles. The summed E-state index contributed by atoms with van der Waals surface area (Å²) in [5.41, 5.74) is 0.929. The van der Waals surface area contributed by atoms with Gasteiger partial charge in [-0.05, 0) is 25.1 Å². The van der Waals surface area contributed by atoms with E-state index in [9.17, 15) is 14.4 Å². The van der Waals surface area contributed by atoms with Crippen molar-refractivity contribution in [1.29, 1.82) is 0 Å². The van der Waals surface area contributed by atoms with Crippen molar-refractivity contribution in [3.05, 3.63) is 40.4 Å². The van der Waals surface area contributed by atoms with Gasteiger partial charge in [0.25, 0.3) is 11.7 Å². The van der Waals surface area contributed by atoms with Gasteiger partial charge in [-0.15, -0.1) is 0 Å². The second kappa shape index (κ2) is 5.58. The molecule has 0 N–H and O–H groups in total. The summed E-state index contributed by atoms with van der Waals surface area (Å²) < 4.78 is 5.53. The van der Waals surface area contributed by atoms with Crippen LogP contribution in [0.4, 0.5) is 5.69 Å². The molecule has 2 rings (SSSR count). The molecule has 0 bridgehead atoms. The Morgan fingerprint density at radius 3 is 2.75 bits per heavy atom. The summed E-state index contributed by atoms with van der Waals surface area (Å²) in [7, 11) is 0. The normalized spacial score (nSPS) is 13.4. The number of esters is 1. The second-order valence-corrected chi connectivity index (χ2v) is 5.12. The zero-order valence-electron chi connectivity index (χ0n) is 10.8. The number of fused-ring (bicyclic) bond motifs is 1. The lowest BCUT2D eigenvalue weighted by molar-refractivity contribution is -0.138. The highest BCUT2D eigenvalue weighted by Crippen LogP contribution is 2.31. The van der Waals surface area contributed by atoms with E-state index in [4.69, 9.17) is 4.74 Å². The minimum Gasteiger partial charge on any atom is -0.463 e. The van der Waals surface area contributed by atoms with E-state index in [-0.39, 0.29) is 18.7 Å². The van der Waals surface area contributed by atoms with Gasteiger partial charge in [-0.25, -0.2) is 4.79 Å². The van der Waals surface area contributed by atoms with Gasteiger partial charge in [0.1, 0.15) is 0 Å². The lowest BCUT2D eigenvalue weighted by atomic mass is 10.1. The molecule has 0 aliphatic carbocycles. The quantitative estimate of drug-likeness (QED) is 0.479. The summed E-state index contributed by atoms with van der Waals surface area (Å²) >= 11 is 3.25. The average molecular weight is 338 g/mol. The van der Waals surface area contributed by atoms with E-state index in [1.165, 1.54) is 4.90 Å². The molecular weight excluding hydrogens is 326 g/mol. The molecule has 0 saturated heterocycles. The fraction of sp³-hybridized carbons (Fsp3) is 0.214. The van der Waals surface area contributed by atoms with Crippen LogP contribution in [0.25, 0.3) is 0 Å². The topological polar surface area (TPSA) is 63.7 Å². The summed E-state index contributed by atoms with van der Waals surface area (Å²) in [6, 6.07) is 4.97. The predicted octanol–water partition coefficient (Wildman–Crippen LogP) is 2.10. The standard InChI is InChI=1S/C14H12BrNO4/c1-3-20-14(19)8(2)7-16-11-5-4-9(15)6-10(11)12(17)13(16)18/h4-6H,2-3,7H2,1H3. The van der Waals surface area contributed by atoms with Crippen LogP contribution in [0.5, 0.6) is 0 Å². The van der Waals surface area contributed by atoms with Gasteiger partial charge in [-0.1, -0.05) is 22.5 Å². The van der Waals surface area contributed by atoms with Gasteiger partial charge in [0.05, 0.1) is 24.4 Å². The molecule has 1 aliphatic rings. The smallest absolute Gasteiger partial charge is 0.335 e. The summed E-state index contributed by atoms with van der Waals surface area (Å²) in [4.78, 5) is 36.6. The number of amides is 1. The Bertz CT molecular complexity index is 624. The van der Waals surface area contributed by atoms with Crippen LogP contribution in [0.1, 0.15) is 17.3 Å². The van der Waals surface area contributed by atoms with Gasteiger partial charge >= 0.3 is 5.97 Å². The number of nitrogens with zero attached hydrogens (tertiary/aromatic N) is 1. The minimum atomic E-state index is -0.663. The summed E-state index contributed by atoms with van der Waals surface area (Å²) in [6.07, 6.45) is 0. The molecule has 0 radical (unpaired) electrons. The summed E-state index contributed by atoms with van der Waals surface area (Å²) in [5, 5.41) is 0. The summed E-state index contributed by atoms with van der Waals surface area (Å²) in [5.74, 6) is -1.82. The van der Waals surface area contributed by atoms with Crippen molar-refractivity contribution in [3.63, 3.8) is 0 Å². The maximum absolute atomic E-state index is 12.0. The van der Waals surface area contributed by atoms with Crippen molar-refractivity contribution in [2.75, 3.05) is 18.1 Å². The third-order valence-corrected chi connectivity index (χ3v) is 3.34. The molecular formula is C14H12BrNO4. The van der Waals surface area contributed by atoms with E-state index in [1.807, 2.05) is 0 Å². The number of carbonyl (C=O) groups excluding carboxylic acids is 3. The minimum absolute atomic E-state index is 0.0575. The van der Waals surface area contributed by atoms with Crippen molar-refractivity contribution in [1.82, 2.24) is 0 Å². The van der Waals surface area contributed by atoms with E-state index in [0.29, 0.717) is 15.7 Å². The number of carbonyl (C=O) groups is 3. The molecule has 1 amide bonds. The Morgan fingerprint density at radius 2 is 2.10 bits per heavy atom. The first kappa shape index (κ1) is 14.5. The zero-order chi connectivity index (χ0) is 14.9. The molecule has 1 aromatic rings. The molecule has 0 spiro atoms. The molecule has 0 unspecified atom stereocenters. The van der Waals surface area contributed by atoms with Crippen molar-refractivity contribution >= 4 is 39.3 Å². The number of hydrogen-bond acceptors (Lipinski definition) is 4. The van der Waals surface area contributed by atoms with E-state index >= 15 is 0 Å². The second-order valence-electron chi connectivity index (χ2n) is 4.21. The largest absolute Gasteiger partial charge is 0.463 e. The third-order valence-electron chi connectivity index (χ3n) is 2.85. The molecule has 1 aromatic carbocycles. The Kier molecular flexibility index (Phi) is 4.04. The summed E-state index contributed by atoms with van der Waals surface area (Å²) in [6.45, 7) is 5.45. The van der Waals surface area contributed by atoms with Crippen LogP contribution in [0.3, 0.4) is 0 Å². The van der Waals surface area contributed by atoms with Crippen LogP contribution in [-0.4, -0.2) is 30.8 Å². The van der Waals surface area contributed by atoms with Crippen molar-refractivity contribution in [3.8, 4) is 0 Å². The van der Waals surface area contributed by atoms with Gasteiger partial charge in [-0.2, -0.15) is 0 Å². The van der Waals surface area contributed by atoms with Gasteiger partial charge in [0.15, 0.2) is 0 Å². The van der Waals surface area contributed by atoms with E-state index in [0.717, 1.165) is 0 Å². The molecule has 20 heavy (non-hydrogen) atoms. The van der Waals surface area contributed by atoms with Gasteiger partial charge in [0, 0.05) is 10.0 Å². The number of anilines is 1. The van der Waals surface area contributed by atoms with Crippen molar-refractivity contribution < 1.29 is 19.1 Å². The predicted molar refractivity (Wildman–Crippen MR) is 76.6 cm³/mol. The first-order chi connectivity index (χ1) is 9.45. The molecule has 6 heteroatoms. The highest BCUT2D eigenvalue weighted by molar-refractivity contribution is 9.10. The number of halogens is 1. The zero-order valence-corrected chi connectivity index (χ0v) is 12.4. The van der Waals surface area contributed by atoms with Crippen LogP contribution in [0.2, 0.25) is 0 Å². The Hall–Kier alpha value is -1.95. The molecule has 0 atom stereocenters. The number of ketones is 1. The molecule has 0 saturated carbocycles. The number of benzene rings is 1. The highest BCUT2D eigenvalue weighted by atomic mass is 79.9. The number of rotatable bonds is 4. The first-order valence-electron chi connectivity index (χ1n) is 5.96. The van der Waals surface area contributed by atoms with Gasteiger partial charge in [-0.3, -0.25) is 9.59 Å². The molecule has 5 nitrogen and oxygen atoms in total. The Labute approximate surface area is 124 Å². The first-order valence-corrected chi connectivity index (χ1v) is 6.75. The fourth-order valence-electron chi connectivity index (χ4n) is 1.92. The van der Waals surface area contributed by atoms with Crippen LogP contribution in [-0.2, 0) is 14.3 Å². The number of hydrogen-bond donors (Lipinski definition) is 0. The third kappa shape index (κ3) is 2.51. The maximum Gasteiger partial charge on any atom is 0.335 e.